The first-order valence-corrected chi connectivity index (χ1v) is 8.67. The van der Waals surface area contributed by atoms with Crippen LogP contribution in [-0.2, 0) is 11.3 Å². The summed E-state index contributed by atoms with van der Waals surface area (Å²) >= 11 is 0. The van der Waals surface area contributed by atoms with Gasteiger partial charge in [0.05, 0.1) is 6.54 Å². The number of anilines is 1. The number of aryl methyl sites for hydroxylation is 2. The van der Waals surface area contributed by atoms with Gasteiger partial charge in [0.15, 0.2) is 0 Å². The molecule has 0 spiro atoms. The predicted molar refractivity (Wildman–Crippen MR) is 95.9 cm³/mol. The first kappa shape index (κ1) is 16.7. The van der Waals surface area contributed by atoms with E-state index in [1.165, 1.54) is 0 Å². The monoisotopic (exact) mass is 326 g/mol. The number of hydrogen-bond donors (Lipinski definition) is 1. The van der Waals surface area contributed by atoms with Crippen LogP contribution in [-0.4, -0.2) is 40.2 Å². The SMILES string of the molecule is Cc1ccc(C)c(NC(=O)CN2CCC(Cn3cccn3)CC2)c1. The number of amides is 1. The van der Waals surface area contributed by atoms with Crippen molar-refractivity contribution in [1.82, 2.24) is 14.7 Å². The molecule has 1 aliphatic rings. The molecule has 1 amide bonds. The Kier molecular flexibility index (Phi) is 5.30. The van der Waals surface area contributed by atoms with Crippen molar-refractivity contribution in [2.75, 3.05) is 25.0 Å². The molecule has 128 valence electrons. The molecule has 3 rings (SSSR count). The highest BCUT2D eigenvalue weighted by molar-refractivity contribution is 5.93. The van der Waals surface area contributed by atoms with E-state index in [2.05, 4.69) is 21.4 Å². The largest absolute Gasteiger partial charge is 0.325 e. The van der Waals surface area contributed by atoms with Crippen molar-refractivity contribution in [3.8, 4) is 0 Å². The van der Waals surface area contributed by atoms with E-state index in [0.717, 1.165) is 49.3 Å². The topological polar surface area (TPSA) is 50.2 Å². The van der Waals surface area contributed by atoms with Crippen LogP contribution in [0, 0.1) is 19.8 Å². The molecule has 0 radical (unpaired) electrons. The number of carbonyl (C=O) groups excluding carboxylic acids is 1. The molecule has 0 unspecified atom stereocenters. The summed E-state index contributed by atoms with van der Waals surface area (Å²) in [5, 5.41) is 7.33. The van der Waals surface area contributed by atoms with E-state index in [-0.39, 0.29) is 5.91 Å². The van der Waals surface area contributed by atoms with Gasteiger partial charge >= 0.3 is 0 Å². The third kappa shape index (κ3) is 4.45. The van der Waals surface area contributed by atoms with E-state index in [1.807, 2.05) is 49.1 Å². The zero-order valence-corrected chi connectivity index (χ0v) is 14.5. The molecule has 5 heteroatoms. The van der Waals surface area contributed by atoms with Gasteiger partial charge in [0, 0.05) is 24.6 Å². The summed E-state index contributed by atoms with van der Waals surface area (Å²) in [6.07, 6.45) is 6.09. The number of piperidine rings is 1. The fourth-order valence-corrected chi connectivity index (χ4v) is 3.26. The maximum Gasteiger partial charge on any atom is 0.238 e. The molecule has 0 aliphatic carbocycles. The molecule has 1 aromatic carbocycles. The summed E-state index contributed by atoms with van der Waals surface area (Å²) in [5.74, 6) is 0.734. The average Bonchev–Trinajstić information content (AvgIpc) is 3.06. The minimum absolute atomic E-state index is 0.0780. The van der Waals surface area contributed by atoms with Crippen LogP contribution >= 0.6 is 0 Å². The number of nitrogens with zero attached hydrogens (tertiary/aromatic N) is 3. The summed E-state index contributed by atoms with van der Waals surface area (Å²) in [6.45, 7) is 7.48. The standard InChI is InChI=1S/C19H26N4O/c1-15-4-5-16(2)18(12-15)21-19(24)14-22-10-6-17(7-11-22)13-23-9-3-8-20-23/h3-5,8-9,12,17H,6-7,10-11,13-14H2,1-2H3,(H,21,24). The molecule has 1 N–H and O–H groups in total. The zero-order valence-electron chi connectivity index (χ0n) is 14.5. The van der Waals surface area contributed by atoms with Crippen LogP contribution < -0.4 is 5.32 Å². The number of benzene rings is 1. The Labute approximate surface area is 143 Å². The minimum Gasteiger partial charge on any atom is -0.325 e. The van der Waals surface area contributed by atoms with Crippen molar-refractivity contribution in [2.24, 2.45) is 5.92 Å². The molecule has 2 aromatic rings. The maximum atomic E-state index is 12.3. The number of carbonyl (C=O) groups is 1. The van der Waals surface area contributed by atoms with Gasteiger partial charge in [-0.05, 0) is 69.0 Å². The zero-order chi connectivity index (χ0) is 16.9. The Bertz CT molecular complexity index is 673. The molecule has 0 bridgehead atoms. The number of hydrogen-bond acceptors (Lipinski definition) is 3. The number of nitrogens with one attached hydrogen (secondary N) is 1. The Morgan fingerprint density at radius 3 is 2.79 bits per heavy atom. The van der Waals surface area contributed by atoms with Crippen LogP contribution in [0.2, 0.25) is 0 Å². The van der Waals surface area contributed by atoms with Gasteiger partial charge in [0.2, 0.25) is 5.91 Å². The van der Waals surface area contributed by atoms with E-state index in [9.17, 15) is 4.79 Å². The van der Waals surface area contributed by atoms with Gasteiger partial charge in [-0.25, -0.2) is 0 Å². The van der Waals surface area contributed by atoms with Crippen molar-refractivity contribution < 1.29 is 4.79 Å². The van der Waals surface area contributed by atoms with Crippen molar-refractivity contribution >= 4 is 11.6 Å². The second-order valence-corrected chi connectivity index (χ2v) is 6.81. The van der Waals surface area contributed by atoms with E-state index in [1.54, 1.807) is 0 Å². The normalized spacial score (nSPS) is 16.2. The van der Waals surface area contributed by atoms with Crippen LogP contribution in [0.5, 0.6) is 0 Å². The molecule has 1 aliphatic heterocycles. The fourth-order valence-electron chi connectivity index (χ4n) is 3.26. The fraction of sp³-hybridized carbons (Fsp3) is 0.474. The Balaban J connectivity index is 1.45. The van der Waals surface area contributed by atoms with Crippen molar-refractivity contribution in [3.05, 3.63) is 47.8 Å². The maximum absolute atomic E-state index is 12.3. The summed E-state index contributed by atoms with van der Waals surface area (Å²) in [7, 11) is 0. The van der Waals surface area contributed by atoms with Gasteiger partial charge in [-0.3, -0.25) is 14.4 Å². The van der Waals surface area contributed by atoms with Gasteiger partial charge in [0.25, 0.3) is 0 Å². The van der Waals surface area contributed by atoms with E-state index in [0.29, 0.717) is 12.5 Å². The number of aromatic nitrogens is 2. The lowest BCUT2D eigenvalue weighted by Gasteiger charge is -2.31. The van der Waals surface area contributed by atoms with Gasteiger partial charge in [0.1, 0.15) is 0 Å². The smallest absolute Gasteiger partial charge is 0.238 e. The summed E-state index contributed by atoms with van der Waals surface area (Å²) in [4.78, 5) is 14.6. The van der Waals surface area contributed by atoms with Crippen LogP contribution in [0.4, 0.5) is 5.69 Å². The van der Waals surface area contributed by atoms with Crippen LogP contribution in [0.1, 0.15) is 24.0 Å². The van der Waals surface area contributed by atoms with E-state index in [4.69, 9.17) is 0 Å². The van der Waals surface area contributed by atoms with Gasteiger partial charge in [-0.1, -0.05) is 12.1 Å². The Morgan fingerprint density at radius 2 is 2.08 bits per heavy atom. The average molecular weight is 326 g/mol. The number of likely N-dealkylation sites (tertiary alicyclic amines) is 1. The van der Waals surface area contributed by atoms with Crippen LogP contribution in [0.3, 0.4) is 0 Å². The Hall–Kier alpha value is -2.14. The molecule has 0 atom stereocenters. The van der Waals surface area contributed by atoms with Crippen LogP contribution in [0.25, 0.3) is 0 Å². The third-order valence-corrected chi connectivity index (χ3v) is 4.75. The molecular weight excluding hydrogens is 300 g/mol. The van der Waals surface area contributed by atoms with Crippen molar-refractivity contribution in [1.29, 1.82) is 0 Å². The van der Waals surface area contributed by atoms with Gasteiger partial charge < -0.3 is 5.32 Å². The first-order chi connectivity index (χ1) is 11.6. The molecule has 1 saturated heterocycles. The predicted octanol–water partition coefficient (Wildman–Crippen LogP) is 2.85. The van der Waals surface area contributed by atoms with Crippen LogP contribution in [0.15, 0.2) is 36.7 Å². The molecule has 2 heterocycles. The molecule has 5 nitrogen and oxygen atoms in total. The molecule has 0 saturated carbocycles. The quantitative estimate of drug-likeness (QED) is 0.919. The van der Waals surface area contributed by atoms with Gasteiger partial charge in [-0.2, -0.15) is 5.10 Å². The van der Waals surface area contributed by atoms with Gasteiger partial charge in [-0.15, -0.1) is 0 Å². The second kappa shape index (κ2) is 7.62. The number of rotatable bonds is 5. The van der Waals surface area contributed by atoms with E-state index >= 15 is 0 Å². The lowest BCUT2D eigenvalue weighted by atomic mass is 9.97. The summed E-state index contributed by atoms with van der Waals surface area (Å²) in [5.41, 5.74) is 3.19. The Morgan fingerprint density at radius 1 is 1.29 bits per heavy atom. The third-order valence-electron chi connectivity index (χ3n) is 4.75. The molecule has 24 heavy (non-hydrogen) atoms. The highest BCUT2D eigenvalue weighted by Gasteiger charge is 2.21. The van der Waals surface area contributed by atoms with Crippen molar-refractivity contribution in [2.45, 2.75) is 33.2 Å². The first-order valence-electron chi connectivity index (χ1n) is 8.67. The highest BCUT2D eigenvalue weighted by Crippen LogP contribution is 2.19. The molecular formula is C19H26N4O. The molecule has 1 aromatic heterocycles. The van der Waals surface area contributed by atoms with Crippen molar-refractivity contribution in [3.63, 3.8) is 0 Å². The summed E-state index contributed by atoms with van der Waals surface area (Å²) in [6, 6.07) is 8.11. The summed E-state index contributed by atoms with van der Waals surface area (Å²) < 4.78 is 2.01. The highest BCUT2D eigenvalue weighted by atomic mass is 16.2. The van der Waals surface area contributed by atoms with E-state index < -0.39 is 0 Å². The minimum atomic E-state index is 0.0780. The molecule has 1 fully saturated rings. The lowest BCUT2D eigenvalue weighted by Crippen LogP contribution is -2.40. The second-order valence-electron chi connectivity index (χ2n) is 6.81. The lowest BCUT2D eigenvalue weighted by molar-refractivity contribution is -0.117.